The van der Waals surface area contributed by atoms with Crippen LogP contribution in [0, 0.1) is 0 Å². The van der Waals surface area contributed by atoms with Crippen LogP contribution < -0.4 is 10.2 Å². The van der Waals surface area contributed by atoms with Crippen molar-refractivity contribution in [3.8, 4) is 0 Å². The molecule has 0 aliphatic carbocycles. The van der Waals surface area contributed by atoms with E-state index in [1.54, 1.807) is 13.1 Å². The monoisotopic (exact) mass is 361 g/mol. The van der Waals surface area contributed by atoms with E-state index >= 15 is 0 Å². The lowest BCUT2D eigenvalue weighted by Gasteiger charge is -2.19. The molecule has 1 N–H and O–H groups in total. The number of halogens is 2. The minimum atomic E-state index is 0.0275. The number of hydrogen-bond acceptors (Lipinski definition) is 3. The molecule has 1 saturated heterocycles. The first-order valence-corrected chi connectivity index (χ1v) is 6.98. The van der Waals surface area contributed by atoms with Gasteiger partial charge in [0.05, 0.1) is 4.47 Å². The fraction of sp³-hybridized carbons (Fsp3) is 0.455. The summed E-state index contributed by atoms with van der Waals surface area (Å²) in [6.07, 6.45) is 2.75. The highest BCUT2D eigenvalue weighted by molar-refractivity contribution is 9.11. The van der Waals surface area contributed by atoms with Crippen LogP contribution >= 0.6 is 31.9 Å². The van der Waals surface area contributed by atoms with Crippen molar-refractivity contribution in [2.24, 2.45) is 0 Å². The van der Waals surface area contributed by atoms with E-state index in [0.717, 1.165) is 34.3 Å². The van der Waals surface area contributed by atoms with Crippen molar-refractivity contribution in [1.82, 2.24) is 10.3 Å². The molecule has 1 aliphatic rings. The second-order valence-corrected chi connectivity index (χ2v) is 5.86. The van der Waals surface area contributed by atoms with Crippen molar-refractivity contribution in [3.63, 3.8) is 0 Å². The number of aromatic nitrogens is 1. The van der Waals surface area contributed by atoms with Crippen molar-refractivity contribution >= 4 is 43.6 Å². The van der Waals surface area contributed by atoms with Gasteiger partial charge >= 0.3 is 0 Å². The van der Waals surface area contributed by atoms with Crippen LogP contribution in [0.15, 0.2) is 21.2 Å². The van der Waals surface area contributed by atoms with E-state index in [0.29, 0.717) is 0 Å². The molecule has 0 bridgehead atoms. The number of nitrogens with zero attached hydrogens (tertiary/aromatic N) is 2. The largest absolute Gasteiger partial charge is 0.354 e. The zero-order valence-electron chi connectivity index (χ0n) is 9.41. The Kier molecular flexibility index (Phi) is 4.04. The predicted octanol–water partition coefficient (Wildman–Crippen LogP) is 2.32. The number of rotatable bonds is 2. The standard InChI is InChI=1S/C11H13Br2N3O/c1-7(17)15-9-2-3-16(6-9)11-10(13)4-8(12)5-14-11/h4-5,9H,2-3,6H2,1H3,(H,15,17). The van der Waals surface area contributed by atoms with Gasteiger partial charge in [0.25, 0.3) is 0 Å². The van der Waals surface area contributed by atoms with Gasteiger partial charge < -0.3 is 10.2 Å². The van der Waals surface area contributed by atoms with Crippen molar-refractivity contribution < 1.29 is 4.79 Å². The van der Waals surface area contributed by atoms with E-state index < -0.39 is 0 Å². The minimum absolute atomic E-state index is 0.0275. The molecule has 2 rings (SSSR count). The average molecular weight is 363 g/mol. The van der Waals surface area contributed by atoms with Gasteiger partial charge in [-0.3, -0.25) is 4.79 Å². The highest BCUT2D eigenvalue weighted by atomic mass is 79.9. The first kappa shape index (κ1) is 12.8. The number of hydrogen-bond donors (Lipinski definition) is 1. The Labute approximate surface area is 117 Å². The van der Waals surface area contributed by atoms with Crippen LogP contribution in [0.25, 0.3) is 0 Å². The summed E-state index contributed by atoms with van der Waals surface area (Å²) in [4.78, 5) is 17.6. The molecule has 0 spiro atoms. The zero-order valence-corrected chi connectivity index (χ0v) is 12.6. The molecule has 6 heteroatoms. The van der Waals surface area contributed by atoms with Crippen molar-refractivity contribution in [2.45, 2.75) is 19.4 Å². The Balaban J connectivity index is 2.07. The lowest BCUT2D eigenvalue weighted by molar-refractivity contribution is -0.119. The molecule has 1 aromatic heterocycles. The van der Waals surface area contributed by atoms with Gasteiger partial charge in [-0.15, -0.1) is 0 Å². The van der Waals surface area contributed by atoms with E-state index in [-0.39, 0.29) is 11.9 Å². The van der Waals surface area contributed by atoms with Gasteiger partial charge in [-0.2, -0.15) is 0 Å². The molecule has 92 valence electrons. The van der Waals surface area contributed by atoms with Gasteiger partial charge in [0, 0.05) is 36.7 Å². The minimum Gasteiger partial charge on any atom is -0.354 e. The van der Waals surface area contributed by atoms with E-state index in [2.05, 4.69) is 47.1 Å². The Hall–Kier alpha value is -0.620. The number of anilines is 1. The average Bonchev–Trinajstić information content (AvgIpc) is 2.65. The molecule has 1 fully saturated rings. The number of carbonyl (C=O) groups is 1. The molecule has 1 aliphatic heterocycles. The Morgan fingerprint density at radius 3 is 3.00 bits per heavy atom. The van der Waals surface area contributed by atoms with Gasteiger partial charge in [-0.1, -0.05) is 0 Å². The predicted molar refractivity (Wildman–Crippen MR) is 74.1 cm³/mol. The van der Waals surface area contributed by atoms with E-state index in [9.17, 15) is 4.79 Å². The van der Waals surface area contributed by atoms with Crippen LogP contribution in [0.4, 0.5) is 5.82 Å². The lowest BCUT2D eigenvalue weighted by atomic mass is 10.3. The topological polar surface area (TPSA) is 45.2 Å². The van der Waals surface area contributed by atoms with Crippen LogP contribution in [0.5, 0.6) is 0 Å². The summed E-state index contributed by atoms with van der Waals surface area (Å²) in [5, 5.41) is 2.94. The molecule has 0 radical (unpaired) electrons. The van der Waals surface area contributed by atoms with Crippen molar-refractivity contribution in [2.75, 3.05) is 18.0 Å². The highest BCUT2D eigenvalue weighted by Crippen LogP contribution is 2.28. The number of pyridine rings is 1. The fourth-order valence-corrected chi connectivity index (χ4v) is 3.24. The molecule has 1 atom stereocenters. The Morgan fingerprint density at radius 1 is 1.59 bits per heavy atom. The molecular formula is C11H13Br2N3O. The number of nitrogens with one attached hydrogen (secondary N) is 1. The zero-order chi connectivity index (χ0) is 12.4. The first-order valence-electron chi connectivity index (χ1n) is 5.39. The molecular weight excluding hydrogens is 350 g/mol. The summed E-state index contributed by atoms with van der Waals surface area (Å²) < 4.78 is 1.92. The van der Waals surface area contributed by atoms with Gasteiger partial charge in [-0.05, 0) is 44.3 Å². The maximum atomic E-state index is 11.0. The number of carbonyl (C=O) groups excluding carboxylic acids is 1. The third kappa shape index (κ3) is 3.19. The third-order valence-corrected chi connectivity index (χ3v) is 3.70. The van der Waals surface area contributed by atoms with Crippen LogP contribution in [0.2, 0.25) is 0 Å². The quantitative estimate of drug-likeness (QED) is 0.878. The summed E-state index contributed by atoms with van der Waals surface area (Å²) in [5.41, 5.74) is 0. The smallest absolute Gasteiger partial charge is 0.217 e. The molecule has 4 nitrogen and oxygen atoms in total. The van der Waals surface area contributed by atoms with E-state index in [1.165, 1.54) is 0 Å². The molecule has 1 unspecified atom stereocenters. The maximum absolute atomic E-state index is 11.0. The van der Waals surface area contributed by atoms with Gasteiger partial charge in [-0.25, -0.2) is 4.98 Å². The molecule has 0 aromatic carbocycles. The molecule has 1 amide bonds. The first-order chi connectivity index (χ1) is 8.06. The van der Waals surface area contributed by atoms with Crippen LogP contribution in [-0.4, -0.2) is 30.0 Å². The summed E-state index contributed by atoms with van der Waals surface area (Å²) >= 11 is 6.89. The molecule has 2 heterocycles. The summed E-state index contributed by atoms with van der Waals surface area (Å²) in [6, 6.07) is 2.21. The van der Waals surface area contributed by atoms with Crippen molar-refractivity contribution in [3.05, 3.63) is 21.2 Å². The van der Waals surface area contributed by atoms with Crippen LogP contribution in [-0.2, 0) is 4.79 Å². The molecule has 17 heavy (non-hydrogen) atoms. The maximum Gasteiger partial charge on any atom is 0.217 e. The SMILES string of the molecule is CC(=O)NC1CCN(c2ncc(Br)cc2Br)C1. The second kappa shape index (κ2) is 5.35. The molecule has 0 saturated carbocycles. The van der Waals surface area contributed by atoms with E-state index in [1.807, 2.05) is 6.07 Å². The summed E-state index contributed by atoms with van der Waals surface area (Å²) in [6.45, 7) is 3.28. The third-order valence-electron chi connectivity index (χ3n) is 2.68. The molecule has 1 aromatic rings. The summed E-state index contributed by atoms with van der Waals surface area (Å²) in [5.74, 6) is 0.959. The normalized spacial score (nSPS) is 19.5. The Bertz CT molecular complexity index is 439. The van der Waals surface area contributed by atoms with Gasteiger partial charge in [0.1, 0.15) is 5.82 Å². The lowest BCUT2D eigenvalue weighted by Crippen LogP contribution is -2.35. The Morgan fingerprint density at radius 2 is 2.35 bits per heavy atom. The van der Waals surface area contributed by atoms with Crippen LogP contribution in [0.3, 0.4) is 0 Å². The second-order valence-electron chi connectivity index (χ2n) is 4.09. The van der Waals surface area contributed by atoms with Crippen LogP contribution in [0.1, 0.15) is 13.3 Å². The highest BCUT2D eigenvalue weighted by Gasteiger charge is 2.25. The van der Waals surface area contributed by atoms with E-state index in [4.69, 9.17) is 0 Å². The van der Waals surface area contributed by atoms with Gasteiger partial charge in [0.15, 0.2) is 0 Å². The fourth-order valence-electron chi connectivity index (χ4n) is 2.00. The summed E-state index contributed by atoms with van der Waals surface area (Å²) in [7, 11) is 0. The van der Waals surface area contributed by atoms with Crippen molar-refractivity contribution in [1.29, 1.82) is 0 Å². The number of amides is 1. The van der Waals surface area contributed by atoms with Gasteiger partial charge in [0.2, 0.25) is 5.91 Å².